The number of rotatable bonds is 5. The van der Waals surface area contributed by atoms with Gasteiger partial charge in [0.2, 0.25) is 0 Å². The summed E-state index contributed by atoms with van der Waals surface area (Å²) in [6.45, 7) is 0.728. The zero-order valence-corrected chi connectivity index (χ0v) is 10.7. The van der Waals surface area contributed by atoms with Gasteiger partial charge in [-0.3, -0.25) is 0 Å². The Morgan fingerprint density at radius 3 is 2.75 bits per heavy atom. The molecule has 90 valence electrons. The highest BCUT2D eigenvalue weighted by molar-refractivity contribution is 7.98. The van der Waals surface area contributed by atoms with Crippen molar-refractivity contribution in [3.05, 3.63) is 5.82 Å². The summed E-state index contributed by atoms with van der Waals surface area (Å²) in [4.78, 5) is 0. The molecule has 16 heavy (non-hydrogen) atoms. The van der Waals surface area contributed by atoms with E-state index in [1.54, 1.807) is 11.8 Å². The summed E-state index contributed by atoms with van der Waals surface area (Å²) in [5.74, 6) is 1.13. The van der Waals surface area contributed by atoms with Gasteiger partial charge in [0.25, 0.3) is 0 Å². The predicted molar refractivity (Wildman–Crippen MR) is 66.7 cm³/mol. The number of nitrogens with zero attached hydrogens (tertiary/aromatic N) is 3. The fraction of sp³-hybridized carbons (Fsp3) is 0.818. The van der Waals surface area contributed by atoms with Crippen LogP contribution >= 0.6 is 11.8 Å². The highest BCUT2D eigenvalue weighted by Crippen LogP contribution is 2.33. The van der Waals surface area contributed by atoms with Crippen LogP contribution in [0.25, 0.3) is 0 Å². The number of hydrogen-bond donors (Lipinski definition) is 1. The molecular formula is C11H20N4S. The van der Waals surface area contributed by atoms with Gasteiger partial charge in [-0.05, 0) is 32.1 Å². The van der Waals surface area contributed by atoms with Crippen LogP contribution in [0.2, 0.25) is 0 Å². The second-order valence-corrected chi connectivity index (χ2v) is 5.08. The fourth-order valence-electron chi connectivity index (χ4n) is 2.41. The minimum Gasteiger partial charge on any atom is -0.330 e. The second kappa shape index (κ2) is 5.68. The summed E-state index contributed by atoms with van der Waals surface area (Å²) < 4.78 is 2.35. The Morgan fingerprint density at radius 2 is 2.12 bits per heavy atom. The zero-order valence-electron chi connectivity index (χ0n) is 9.85. The van der Waals surface area contributed by atoms with Gasteiger partial charge in [-0.15, -0.1) is 10.2 Å². The molecule has 1 aliphatic carbocycles. The molecule has 5 heteroatoms. The molecule has 0 radical (unpaired) electrons. The van der Waals surface area contributed by atoms with Gasteiger partial charge in [-0.1, -0.05) is 24.6 Å². The number of aromatic nitrogens is 3. The molecule has 1 aromatic heterocycles. The molecule has 0 saturated heterocycles. The summed E-state index contributed by atoms with van der Waals surface area (Å²) >= 11 is 1.69. The van der Waals surface area contributed by atoms with Crippen molar-refractivity contribution in [2.24, 2.45) is 5.73 Å². The number of hydrogen-bond acceptors (Lipinski definition) is 4. The molecule has 1 aromatic rings. The lowest BCUT2D eigenvalue weighted by Gasteiger charge is -2.15. The van der Waals surface area contributed by atoms with Crippen LogP contribution in [0.3, 0.4) is 0 Å². The van der Waals surface area contributed by atoms with Crippen molar-refractivity contribution in [2.45, 2.75) is 49.7 Å². The van der Waals surface area contributed by atoms with E-state index in [1.165, 1.54) is 25.7 Å². The maximum Gasteiger partial charge on any atom is 0.191 e. The second-order valence-electron chi connectivity index (χ2n) is 4.30. The van der Waals surface area contributed by atoms with E-state index in [9.17, 15) is 0 Å². The number of aryl methyl sites for hydroxylation is 1. The van der Waals surface area contributed by atoms with Crippen molar-refractivity contribution in [2.75, 3.05) is 12.8 Å². The smallest absolute Gasteiger partial charge is 0.191 e. The summed E-state index contributed by atoms with van der Waals surface area (Å²) in [5.41, 5.74) is 5.56. The standard InChI is InChI=1S/C11H20N4S/c1-16-11-14-13-10(7-4-8-12)15(11)9-5-2-3-6-9/h9H,2-8,12H2,1H3. The molecule has 2 rings (SSSR count). The first-order valence-electron chi connectivity index (χ1n) is 6.04. The van der Waals surface area contributed by atoms with Crippen LogP contribution in [0, 0.1) is 0 Å². The van der Waals surface area contributed by atoms with E-state index < -0.39 is 0 Å². The monoisotopic (exact) mass is 240 g/mol. The quantitative estimate of drug-likeness (QED) is 0.800. The molecule has 0 aromatic carbocycles. The maximum atomic E-state index is 5.56. The van der Waals surface area contributed by atoms with E-state index in [1.807, 2.05) is 0 Å². The van der Waals surface area contributed by atoms with Gasteiger partial charge >= 0.3 is 0 Å². The Bertz CT molecular complexity index is 331. The van der Waals surface area contributed by atoms with Gasteiger partial charge in [-0.25, -0.2) is 0 Å². The Labute approximate surface area is 101 Å². The van der Waals surface area contributed by atoms with Gasteiger partial charge in [0.1, 0.15) is 5.82 Å². The normalized spacial score (nSPS) is 17.1. The third-order valence-corrected chi connectivity index (χ3v) is 3.86. The fourth-order valence-corrected chi connectivity index (χ4v) is 2.98. The zero-order chi connectivity index (χ0) is 11.4. The molecule has 0 unspecified atom stereocenters. The van der Waals surface area contributed by atoms with E-state index in [0.29, 0.717) is 6.04 Å². The van der Waals surface area contributed by atoms with Crippen molar-refractivity contribution in [1.82, 2.24) is 14.8 Å². The maximum absolute atomic E-state index is 5.56. The molecule has 0 aliphatic heterocycles. The first-order valence-corrected chi connectivity index (χ1v) is 7.27. The molecule has 0 spiro atoms. The first-order chi connectivity index (χ1) is 7.86. The number of nitrogens with two attached hydrogens (primary N) is 1. The molecule has 4 nitrogen and oxygen atoms in total. The largest absolute Gasteiger partial charge is 0.330 e. The van der Waals surface area contributed by atoms with Gasteiger partial charge in [0, 0.05) is 12.5 Å². The van der Waals surface area contributed by atoms with Crippen LogP contribution in [-0.2, 0) is 6.42 Å². The van der Waals surface area contributed by atoms with E-state index in [4.69, 9.17) is 5.73 Å². The minimum atomic E-state index is 0.630. The summed E-state index contributed by atoms with van der Waals surface area (Å²) in [5, 5.41) is 9.64. The van der Waals surface area contributed by atoms with Crippen LogP contribution in [0.15, 0.2) is 5.16 Å². The molecule has 1 aliphatic rings. The minimum absolute atomic E-state index is 0.630. The van der Waals surface area contributed by atoms with Crippen LogP contribution < -0.4 is 5.73 Å². The Kier molecular flexibility index (Phi) is 4.23. The third-order valence-electron chi connectivity index (χ3n) is 3.21. The molecule has 1 fully saturated rings. The lowest BCUT2D eigenvalue weighted by Crippen LogP contribution is -2.12. The third kappa shape index (κ3) is 2.40. The van der Waals surface area contributed by atoms with Gasteiger partial charge < -0.3 is 10.3 Å². The molecule has 1 heterocycles. The van der Waals surface area contributed by atoms with Crippen molar-refractivity contribution in [3.8, 4) is 0 Å². The SMILES string of the molecule is CSc1nnc(CCCN)n1C1CCCC1. The summed E-state index contributed by atoms with van der Waals surface area (Å²) in [6, 6.07) is 0.630. The highest BCUT2D eigenvalue weighted by Gasteiger charge is 2.23. The molecule has 0 amide bonds. The average molecular weight is 240 g/mol. The van der Waals surface area contributed by atoms with E-state index in [-0.39, 0.29) is 0 Å². The van der Waals surface area contributed by atoms with Crippen LogP contribution in [-0.4, -0.2) is 27.6 Å². The van der Waals surface area contributed by atoms with Gasteiger partial charge in [-0.2, -0.15) is 0 Å². The molecular weight excluding hydrogens is 220 g/mol. The highest BCUT2D eigenvalue weighted by atomic mass is 32.2. The van der Waals surface area contributed by atoms with Crippen LogP contribution in [0.1, 0.15) is 44.0 Å². The van der Waals surface area contributed by atoms with Crippen molar-refractivity contribution in [3.63, 3.8) is 0 Å². The molecule has 1 saturated carbocycles. The topological polar surface area (TPSA) is 56.7 Å². The van der Waals surface area contributed by atoms with E-state index in [0.717, 1.165) is 30.4 Å². The molecule has 2 N–H and O–H groups in total. The van der Waals surface area contributed by atoms with Crippen molar-refractivity contribution >= 4 is 11.8 Å². The summed E-state index contributed by atoms with van der Waals surface area (Å²) in [6.07, 6.45) is 9.27. The van der Waals surface area contributed by atoms with E-state index in [2.05, 4.69) is 21.0 Å². The Hall–Kier alpha value is -0.550. The average Bonchev–Trinajstić information content (AvgIpc) is 2.94. The Balaban J connectivity index is 2.19. The predicted octanol–water partition coefficient (Wildman–Crippen LogP) is 2.01. The Morgan fingerprint density at radius 1 is 1.38 bits per heavy atom. The number of thioether (sulfide) groups is 1. The van der Waals surface area contributed by atoms with E-state index >= 15 is 0 Å². The van der Waals surface area contributed by atoms with Gasteiger partial charge in [0.05, 0.1) is 0 Å². The first kappa shape index (κ1) is 11.9. The van der Waals surface area contributed by atoms with Crippen molar-refractivity contribution < 1.29 is 0 Å². The van der Waals surface area contributed by atoms with Crippen LogP contribution in [0.5, 0.6) is 0 Å². The van der Waals surface area contributed by atoms with Crippen LogP contribution in [0.4, 0.5) is 0 Å². The summed E-state index contributed by atoms with van der Waals surface area (Å²) in [7, 11) is 0. The van der Waals surface area contributed by atoms with Crippen molar-refractivity contribution in [1.29, 1.82) is 0 Å². The molecule has 0 bridgehead atoms. The molecule has 0 atom stereocenters. The van der Waals surface area contributed by atoms with Gasteiger partial charge in [0.15, 0.2) is 5.16 Å². The lowest BCUT2D eigenvalue weighted by molar-refractivity contribution is 0.461. The lowest BCUT2D eigenvalue weighted by atomic mass is 10.2.